The molecule has 0 radical (unpaired) electrons. The number of para-hydroxylation sites is 1. The topological polar surface area (TPSA) is 119 Å². The first-order chi connectivity index (χ1) is 15.7. The van der Waals surface area contributed by atoms with Crippen LogP contribution in [0, 0.1) is 0 Å². The number of nitrogens with one attached hydrogen (secondary N) is 1. The molecule has 1 aromatic heterocycles. The number of nitrogens with two attached hydrogens (primary N) is 2. The molecule has 4 rings (SSSR count). The average molecular weight is 433 g/mol. The zero-order valence-corrected chi connectivity index (χ0v) is 18.0. The molecule has 0 saturated carbocycles. The number of hydrogen-bond donors (Lipinski definition) is 3. The van der Waals surface area contributed by atoms with E-state index in [1.54, 1.807) is 6.20 Å². The summed E-state index contributed by atoms with van der Waals surface area (Å²) in [5, 5.41) is 3.54. The van der Waals surface area contributed by atoms with E-state index in [-0.39, 0.29) is 12.2 Å². The fourth-order valence-corrected chi connectivity index (χ4v) is 3.86. The van der Waals surface area contributed by atoms with Gasteiger partial charge in [-0.1, -0.05) is 36.4 Å². The Morgan fingerprint density at radius 1 is 1.09 bits per heavy atom. The molecule has 166 valence electrons. The molecule has 2 aromatic carbocycles. The molecule has 0 spiro atoms. The first-order valence-corrected chi connectivity index (χ1v) is 10.7. The van der Waals surface area contributed by atoms with Crippen LogP contribution in [0.25, 0.3) is 11.3 Å². The van der Waals surface area contributed by atoms with Gasteiger partial charge in [0.1, 0.15) is 0 Å². The summed E-state index contributed by atoms with van der Waals surface area (Å²) in [6, 6.07) is 16.5. The lowest BCUT2D eigenvalue weighted by molar-refractivity contribution is 0.0994. The molecular formula is C24H28N6O2. The van der Waals surface area contributed by atoms with Gasteiger partial charge in [-0.2, -0.15) is 0 Å². The maximum absolute atomic E-state index is 11.7. The molecule has 0 atom stereocenters. The second-order valence-corrected chi connectivity index (χ2v) is 7.65. The highest BCUT2D eigenvalue weighted by molar-refractivity contribution is 5.92. The number of aromatic nitrogens is 2. The summed E-state index contributed by atoms with van der Waals surface area (Å²) in [6.45, 7) is 4.92. The van der Waals surface area contributed by atoms with E-state index in [2.05, 4.69) is 50.5 Å². The van der Waals surface area contributed by atoms with E-state index >= 15 is 0 Å². The van der Waals surface area contributed by atoms with Crippen LogP contribution in [-0.2, 0) is 24.4 Å². The van der Waals surface area contributed by atoms with Crippen molar-refractivity contribution >= 4 is 11.6 Å². The van der Waals surface area contributed by atoms with Gasteiger partial charge in [-0.15, -0.1) is 0 Å². The van der Waals surface area contributed by atoms with Crippen LogP contribution in [0.2, 0.25) is 0 Å². The lowest BCUT2D eigenvalue weighted by Gasteiger charge is -2.30. The van der Waals surface area contributed by atoms with Crippen molar-refractivity contribution in [3.8, 4) is 11.3 Å². The SMILES string of the molecule is NCc1ncc(-c2cccc(CNCc3ccccc3N3CCOCC3)c2)nc1C(N)=O. The molecule has 3 aromatic rings. The Kier molecular flexibility index (Phi) is 7.06. The fraction of sp³-hybridized carbons (Fsp3) is 0.292. The van der Waals surface area contributed by atoms with Crippen LogP contribution in [0.5, 0.6) is 0 Å². The Balaban J connectivity index is 1.45. The second-order valence-electron chi connectivity index (χ2n) is 7.65. The van der Waals surface area contributed by atoms with Gasteiger partial charge in [0.15, 0.2) is 5.69 Å². The number of primary amides is 1. The zero-order chi connectivity index (χ0) is 22.3. The Morgan fingerprint density at radius 2 is 1.91 bits per heavy atom. The second kappa shape index (κ2) is 10.3. The number of benzene rings is 2. The minimum atomic E-state index is -0.628. The van der Waals surface area contributed by atoms with Crippen LogP contribution in [-0.4, -0.2) is 42.2 Å². The molecule has 5 N–H and O–H groups in total. The molecule has 2 heterocycles. The van der Waals surface area contributed by atoms with E-state index in [0.717, 1.165) is 44.0 Å². The lowest BCUT2D eigenvalue weighted by atomic mass is 10.1. The Hall–Kier alpha value is -3.33. The van der Waals surface area contributed by atoms with Gasteiger partial charge in [-0.05, 0) is 23.3 Å². The average Bonchev–Trinajstić information content (AvgIpc) is 2.84. The van der Waals surface area contributed by atoms with Crippen LogP contribution in [0.3, 0.4) is 0 Å². The van der Waals surface area contributed by atoms with E-state index in [1.807, 2.05) is 18.2 Å². The number of nitrogens with zero attached hydrogens (tertiary/aromatic N) is 3. The zero-order valence-electron chi connectivity index (χ0n) is 18.0. The molecule has 0 unspecified atom stereocenters. The Labute approximate surface area is 187 Å². The van der Waals surface area contributed by atoms with Crippen molar-refractivity contribution in [2.45, 2.75) is 19.6 Å². The molecule has 1 fully saturated rings. The Bertz CT molecular complexity index is 1080. The van der Waals surface area contributed by atoms with E-state index < -0.39 is 5.91 Å². The summed E-state index contributed by atoms with van der Waals surface area (Å²) in [5.74, 6) is -0.628. The maximum Gasteiger partial charge on any atom is 0.269 e. The smallest absolute Gasteiger partial charge is 0.269 e. The summed E-state index contributed by atoms with van der Waals surface area (Å²) in [7, 11) is 0. The van der Waals surface area contributed by atoms with E-state index in [9.17, 15) is 4.79 Å². The van der Waals surface area contributed by atoms with Crippen LogP contribution < -0.4 is 21.7 Å². The summed E-state index contributed by atoms with van der Waals surface area (Å²) in [6.07, 6.45) is 1.62. The van der Waals surface area contributed by atoms with Crippen LogP contribution in [0.4, 0.5) is 5.69 Å². The highest BCUT2D eigenvalue weighted by Gasteiger charge is 2.15. The number of morpholine rings is 1. The van der Waals surface area contributed by atoms with Gasteiger partial charge in [0.2, 0.25) is 0 Å². The van der Waals surface area contributed by atoms with Crippen LogP contribution >= 0.6 is 0 Å². The van der Waals surface area contributed by atoms with Gasteiger partial charge in [0, 0.05) is 44.0 Å². The van der Waals surface area contributed by atoms with Gasteiger partial charge in [0.05, 0.1) is 30.8 Å². The number of hydrogen-bond acceptors (Lipinski definition) is 7. The summed E-state index contributed by atoms with van der Waals surface area (Å²) >= 11 is 0. The van der Waals surface area contributed by atoms with E-state index in [0.29, 0.717) is 17.9 Å². The van der Waals surface area contributed by atoms with Gasteiger partial charge in [-0.3, -0.25) is 9.78 Å². The van der Waals surface area contributed by atoms with Crippen molar-refractivity contribution < 1.29 is 9.53 Å². The normalized spacial score (nSPS) is 13.8. The molecular weight excluding hydrogens is 404 g/mol. The van der Waals surface area contributed by atoms with Crippen LogP contribution in [0.1, 0.15) is 27.3 Å². The van der Waals surface area contributed by atoms with E-state index in [4.69, 9.17) is 16.2 Å². The molecule has 8 heteroatoms. The summed E-state index contributed by atoms with van der Waals surface area (Å²) in [4.78, 5) is 22.7. The highest BCUT2D eigenvalue weighted by atomic mass is 16.5. The third kappa shape index (κ3) is 5.11. The van der Waals surface area contributed by atoms with Gasteiger partial charge in [0.25, 0.3) is 5.91 Å². The number of ether oxygens (including phenoxy) is 1. The number of amides is 1. The van der Waals surface area contributed by atoms with Gasteiger partial charge < -0.3 is 26.4 Å². The third-order valence-corrected chi connectivity index (χ3v) is 5.49. The minimum Gasteiger partial charge on any atom is -0.378 e. The monoisotopic (exact) mass is 432 g/mol. The van der Waals surface area contributed by atoms with Crippen molar-refractivity contribution in [2.75, 3.05) is 31.2 Å². The predicted molar refractivity (Wildman–Crippen MR) is 124 cm³/mol. The van der Waals surface area contributed by atoms with Crippen LogP contribution in [0.15, 0.2) is 54.7 Å². The molecule has 32 heavy (non-hydrogen) atoms. The third-order valence-electron chi connectivity index (χ3n) is 5.49. The lowest BCUT2D eigenvalue weighted by Crippen LogP contribution is -2.37. The largest absolute Gasteiger partial charge is 0.378 e. The van der Waals surface area contributed by atoms with Crippen molar-refractivity contribution in [1.82, 2.24) is 15.3 Å². The van der Waals surface area contributed by atoms with Crippen molar-refractivity contribution in [1.29, 1.82) is 0 Å². The summed E-state index contributed by atoms with van der Waals surface area (Å²) in [5.41, 5.74) is 16.7. The molecule has 0 aliphatic carbocycles. The Morgan fingerprint density at radius 3 is 2.69 bits per heavy atom. The standard InChI is InChI=1S/C24H28N6O2/c25-13-20-23(24(26)31)29-21(16-28-20)18-6-3-4-17(12-18)14-27-15-19-5-1-2-7-22(19)30-8-10-32-11-9-30/h1-7,12,16,27H,8-11,13-15,25H2,(H2,26,31). The number of anilines is 1. The van der Waals surface area contributed by atoms with Crippen molar-refractivity contribution in [3.63, 3.8) is 0 Å². The number of carbonyl (C=O) groups excluding carboxylic acids is 1. The molecule has 1 aliphatic rings. The molecule has 8 nitrogen and oxygen atoms in total. The molecule has 1 saturated heterocycles. The van der Waals surface area contributed by atoms with Gasteiger partial charge in [-0.25, -0.2) is 4.98 Å². The van der Waals surface area contributed by atoms with Crippen molar-refractivity contribution in [2.24, 2.45) is 11.5 Å². The number of rotatable bonds is 8. The number of carbonyl (C=O) groups is 1. The first-order valence-electron chi connectivity index (χ1n) is 10.7. The van der Waals surface area contributed by atoms with Crippen molar-refractivity contribution in [3.05, 3.63) is 77.2 Å². The quantitative estimate of drug-likeness (QED) is 0.497. The summed E-state index contributed by atoms with van der Waals surface area (Å²) < 4.78 is 5.48. The van der Waals surface area contributed by atoms with E-state index in [1.165, 1.54) is 11.3 Å². The minimum absolute atomic E-state index is 0.113. The highest BCUT2D eigenvalue weighted by Crippen LogP contribution is 2.22. The molecule has 1 amide bonds. The maximum atomic E-state index is 11.7. The fourth-order valence-electron chi connectivity index (χ4n) is 3.86. The molecule has 0 bridgehead atoms. The van der Waals surface area contributed by atoms with Gasteiger partial charge >= 0.3 is 0 Å². The molecule has 1 aliphatic heterocycles. The first kappa shape index (κ1) is 21.9. The predicted octanol–water partition coefficient (Wildman–Crippen LogP) is 1.83.